The number of carbonyl (C=O) groups excluding carboxylic acids is 1. The van der Waals surface area contributed by atoms with E-state index in [2.05, 4.69) is 5.32 Å². The second-order valence-electron chi connectivity index (χ2n) is 4.73. The number of nitrogens with two attached hydrogens (primary N) is 1. The molecule has 98 valence electrons. The summed E-state index contributed by atoms with van der Waals surface area (Å²) < 4.78 is 0. The van der Waals surface area contributed by atoms with Crippen LogP contribution in [0.25, 0.3) is 0 Å². The van der Waals surface area contributed by atoms with Gasteiger partial charge in [-0.25, -0.2) is 0 Å². The molecule has 18 heavy (non-hydrogen) atoms. The summed E-state index contributed by atoms with van der Waals surface area (Å²) in [4.78, 5) is 14.0. The predicted molar refractivity (Wildman–Crippen MR) is 73.2 cm³/mol. The Balaban J connectivity index is 1.81. The Labute approximate surface area is 108 Å². The number of anilines is 1. The van der Waals surface area contributed by atoms with Gasteiger partial charge in [0.2, 0.25) is 5.91 Å². The number of rotatable bonds is 3. The van der Waals surface area contributed by atoms with Crippen molar-refractivity contribution in [3.8, 4) is 0 Å². The van der Waals surface area contributed by atoms with Crippen LogP contribution in [0.2, 0.25) is 0 Å². The van der Waals surface area contributed by atoms with Crippen LogP contribution in [-0.4, -0.2) is 37.0 Å². The maximum Gasteiger partial charge on any atom is 0.222 e. The topological polar surface area (TPSA) is 58.4 Å². The monoisotopic (exact) mass is 247 g/mol. The molecule has 1 aromatic carbocycles. The van der Waals surface area contributed by atoms with Gasteiger partial charge in [0, 0.05) is 31.7 Å². The van der Waals surface area contributed by atoms with E-state index in [9.17, 15) is 4.79 Å². The lowest BCUT2D eigenvalue weighted by Crippen LogP contribution is -2.34. The molecule has 0 saturated carbocycles. The maximum atomic E-state index is 12.1. The Kier molecular flexibility index (Phi) is 4.59. The van der Waals surface area contributed by atoms with Crippen LogP contribution in [0.5, 0.6) is 0 Å². The van der Waals surface area contributed by atoms with E-state index in [1.165, 1.54) is 5.56 Å². The number of nitrogen functional groups attached to an aromatic ring is 1. The van der Waals surface area contributed by atoms with E-state index in [1.54, 1.807) is 0 Å². The van der Waals surface area contributed by atoms with Crippen LogP contribution in [0.15, 0.2) is 24.3 Å². The molecule has 1 heterocycles. The van der Waals surface area contributed by atoms with Gasteiger partial charge in [0.1, 0.15) is 0 Å². The zero-order chi connectivity index (χ0) is 12.8. The molecule has 1 aromatic rings. The van der Waals surface area contributed by atoms with Gasteiger partial charge in [-0.05, 0) is 37.1 Å². The van der Waals surface area contributed by atoms with E-state index >= 15 is 0 Å². The van der Waals surface area contributed by atoms with Crippen LogP contribution in [0.4, 0.5) is 5.69 Å². The molecule has 2 rings (SSSR count). The molecular formula is C14H21N3O. The van der Waals surface area contributed by atoms with Crippen molar-refractivity contribution < 1.29 is 4.79 Å². The van der Waals surface area contributed by atoms with Crippen molar-refractivity contribution in [1.29, 1.82) is 0 Å². The summed E-state index contributed by atoms with van der Waals surface area (Å²) in [7, 11) is 0. The molecule has 4 nitrogen and oxygen atoms in total. The van der Waals surface area contributed by atoms with Gasteiger partial charge in [0.25, 0.3) is 0 Å². The normalized spacial score (nSPS) is 16.3. The largest absolute Gasteiger partial charge is 0.399 e. The van der Waals surface area contributed by atoms with Gasteiger partial charge >= 0.3 is 0 Å². The van der Waals surface area contributed by atoms with Crippen molar-refractivity contribution in [3.63, 3.8) is 0 Å². The van der Waals surface area contributed by atoms with E-state index in [0.717, 1.165) is 44.7 Å². The highest BCUT2D eigenvalue weighted by Crippen LogP contribution is 2.09. The van der Waals surface area contributed by atoms with Crippen LogP contribution >= 0.6 is 0 Å². The van der Waals surface area contributed by atoms with Crippen molar-refractivity contribution in [3.05, 3.63) is 29.8 Å². The first-order valence-electron chi connectivity index (χ1n) is 6.58. The average molecular weight is 247 g/mol. The molecule has 0 spiro atoms. The SMILES string of the molecule is Nc1ccc(CCC(=O)N2CCCNCC2)cc1. The highest BCUT2D eigenvalue weighted by atomic mass is 16.2. The summed E-state index contributed by atoms with van der Waals surface area (Å²) in [5.41, 5.74) is 7.57. The number of hydrogen-bond acceptors (Lipinski definition) is 3. The predicted octanol–water partition coefficient (Wildman–Crippen LogP) is 1.02. The van der Waals surface area contributed by atoms with Gasteiger partial charge in [-0.3, -0.25) is 4.79 Å². The third-order valence-corrected chi connectivity index (χ3v) is 3.30. The van der Waals surface area contributed by atoms with Crippen molar-refractivity contribution in [2.24, 2.45) is 0 Å². The van der Waals surface area contributed by atoms with Gasteiger partial charge in [0.05, 0.1) is 0 Å². The second-order valence-corrected chi connectivity index (χ2v) is 4.73. The highest BCUT2D eigenvalue weighted by Gasteiger charge is 2.14. The minimum absolute atomic E-state index is 0.260. The van der Waals surface area contributed by atoms with Crippen LogP contribution in [0.3, 0.4) is 0 Å². The van der Waals surface area contributed by atoms with E-state index in [-0.39, 0.29) is 5.91 Å². The van der Waals surface area contributed by atoms with Crippen molar-refractivity contribution >= 4 is 11.6 Å². The fourth-order valence-electron chi connectivity index (χ4n) is 2.19. The molecule has 3 N–H and O–H groups in total. The van der Waals surface area contributed by atoms with Crippen LogP contribution in [0, 0.1) is 0 Å². The number of aryl methyl sites for hydroxylation is 1. The van der Waals surface area contributed by atoms with Gasteiger partial charge in [-0.15, -0.1) is 0 Å². The molecule has 1 saturated heterocycles. The number of benzene rings is 1. The lowest BCUT2D eigenvalue weighted by atomic mass is 10.1. The third-order valence-electron chi connectivity index (χ3n) is 3.30. The molecule has 1 aliphatic rings. The highest BCUT2D eigenvalue weighted by molar-refractivity contribution is 5.76. The molecule has 0 atom stereocenters. The zero-order valence-corrected chi connectivity index (χ0v) is 10.7. The van der Waals surface area contributed by atoms with E-state index in [4.69, 9.17) is 5.73 Å². The fraction of sp³-hybridized carbons (Fsp3) is 0.500. The molecule has 0 aromatic heterocycles. The van der Waals surface area contributed by atoms with E-state index < -0.39 is 0 Å². The quantitative estimate of drug-likeness (QED) is 0.784. The maximum absolute atomic E-state index is 12.1. The molecular weight excluding hydrogens is 226 g/mol. The number of amides is 1. The summed E-state index contributed by atoms with van der Waals surface area (Å²) >= 11 is 0. The summed E-state index contributed by atoms with van der Waals surface area (Å²) in [6.45, 7) is 3.64. The van der Waals surface area contributed by atoms with Gasteiger partial charge in [0.15, 0.2) is 0 Å². The minimum atomic E-state index is 0.260. The first kappa shape index (κ1) is 12.9. The molecule has 1 amide bonds. The lowest BCUT2D eigenvalue weighted by molar-refractivity contribution is -0.130. The number of nitrogens with zero attached hydrogens (tertiary/aromatic N) is 1. The number of hydrogen-bond donors (Lipinski definition) is 2. The summed E-state index contributed by atoms with van der Waals surface area (Å²) in [5, 5.41) is 3.30. The Morgan fingerprint density at radius 1 is 1.22 bits per heavy atom. The molecule has 0 radical (unpaired) electrons. The van der Waals surface area contributed by atoms with Gasteiger partial charge in [-0.1, -0.05) is 12.1 Å². The molecule has 1 fully saturated rings. The van der Waals surface area contributed by atoms with E-state index in [0.29, 0.717) is 6.42 Å². The first-order chi connectivity index (χ1) is 8.75. The molecule has 0 aliphatic carbocycles. The fourth-order valence-corrected chi connectivity index (χ4v) is 2.19. The summed E-state index contributed by atoms with van der Waals surface area (Å²) in [5.74, 6) is 0.260. The van der Waals surface area contributed by atoms with E-state index in [1.807, 2.05) is 29.2 Å². The average Bonchev–Trinajstić information content (AvgIpc) is 2.66. The van der Waals surface area contributed by atoms with Crippen LogP contribution in [0.1, 0.15) is 18.4 Å². The minimum Gasteiger partial charge on any atom is -0.399 e. The Morgan fingerprint density at radius 3 is 2.78 bits per heavy atom. The van der Waals surface area contributed by atoms with Crippen molar-refractivity contribution in [2.75, 3.05) is 31.9 Å². The first-order valence-corrected chi connectivity index (χ1v) is 6.58. The number of carbonyl (C=O) groups is 1. The molecule has 1 aliphatic heterocycles. The smallest absolute Gasteiger partial charge is 0.222 e. The van der Waals surface area contributed by atoms with Crippen LogP contribution in [-0.2, 0) is 11.2 Å². The zero-order valence-electron chi connectivity index (χ0n) is 10.7. The second kappa shape index (κ2) is 6.40. The van der Waals surface area contributed by atoms with Crippen LogP contribution < -0.4 is 11.1 Å². The summed E-state index contributed by atoms with van der Waals surface area (Å²) in [6, 6.07) is 7.75. The molecule has 0 unspecified atom stereocenters. The standard InChI is InChI=1S/C14H21N3O/c15-13-5-2-12(3-6-13)4-7-14(18)17-10-1-8-16-9-11-17/h2-3,5-6,16H,1,4,7-11,15H2. The third kappa shape index (κ3) is 3.74. The molecule has 0 bridgehead atoms. The van der Waals surface area contributed by atoms with Gasteiger partial charge < -0.3 is 16.0 Å². The molecule has 4 heteroatoms. The van der Waals surface area contributed by atoms with Crippen molar-refractivity contribution in [1.82, 2.24) is 10.2 Å². The number of nitrogens with one attached hydrogen (secondary N) is 1. The van der Waals surface area contributed by atoms with Gasteiger partial charge in [-0.2, -0.15) is 0 Å². The Bertz CT molecular complexity index is 381. The lowest BCUT2D eigenvalue weighted by Gasteiger charge is -2.19. The summed E-state index contributed by atoms with van der Waals surface area (Å²) in [6.07, 6.45) is 2.43. The van der Waals surface area contributed by atoms with Crippen molar-refractivity contribution in [2.45, 2.75) is 19.3 Å². The Morgan fingerprint density at radius 2 is 2.00 bits per heavy atom. The Hall–Kier alpha value is -1.55.